The first-order valence-electron chi connectivity index (χ1n) is 7.08. The van der Waals surface area contributed by atoms with Gasteiger partial charge in [-0.15, -0.1) is 0 Å². The zero-order valence-corrected chi connectivity index (χ0v) is 13.4. The number of aryl methyl sites for hydroxylation is 1. The van der Waals surface area contributed by atoms with Crippen LogP contribution in [0.15, 0.2) is 40.9 Å². The van der Waals surface area contributed by atoms with Crippen LogP contribution in [0.25, 0.3) is 0 Å². The summed E-state index contributed by atoms with van der Waals surface area (Å²) in [6.07, 6.45) is 2.41. The van der Waals surface area contributed by atoms with Crippen molar-refractivity contribution in [3.8, 4) is 11.5 Å². The van der Waals surface area contributed by atoms with E-state index in [-0.39, 0.29) is 5.82 Å². The molecular formula is C17H17BrFNO. The molecule has 0 aliphatic heterocycles. The predicted molar refractivity (Wildman–Crippen MR) is 85.2 cm³/mol. The zero-order valence-electron chi connectivity index (χ0n) is 11.8. The molecule has 1 N–H and O–H groups in total. The number of hydrogen-bond acceptors (Lipinski definition) is 2. The molecule has 1 aliphatic carbocycles. The Bertz CT molecular complexity index is 655. The van der Waals surface area contributed by atoms with E-state index in [1.54, 1.807) is 6.07 Å². The molecule has 4 heteroatoms. The molecule has 1 fully saturated rings. The Hall–Kier alpha value is -1.39. The van der Waals surface area contributed by atoms with Crippen LogP contribution in [0, 0.1) is 12.7 Å². The fourth-order valence-electron chi connectivity index (χ4n) is 2.15. The number of ether oxygens (including phenoxy) is 1. The molecule has 0 spiro atoms. The number of para-hydroxylation sites is 1. The minimum absolute atomic E-state index is 0.312. The van der Waals surface area contributed by atoms with Crippen molar-refractivity contribution < 1.29 is 9.13 Å². The molecule has 2 aromatic rings. The van der Waals surface area contributed by atoms with Gasteiger partial charge in [0, 0.05) is 22.6 Å². The van der Waals surface area contributed by atoms with Gasteiger partial charge in [-0.1, -0.05) is 28.1 Å². The Morgan fingerprint density at radius 1 is 1.29 bits per heavy atom. The van der Waals surface area contributed by atoms with Crippen molar-refractivity contribution in [2.75, 3.05) is 0 Å². The van der Waals surface area contributed by atoms with Crippen molar-refractivity contribution in [1.29, 1.82) is 0 Å². The number of nitrogens with one attached hydrogen (secondary N) is 1. The fourth-order valence-corrected chi connectivity index (χ4v) is 2.39. The molecule has 0 bridgehead atoms. The van der Waals surface area contributed by atoms with E-state index in [1.807, 2.05) is 31.2 Å². The van der Waals surface area contributed by atoms with Gasteiger partial charge in [0.15, 0.2) is 11.6 Å². The predicted octanol–water partition coefficient (Wildman–Crippen LogP) is 4.94. The van der Waals surface area contributed by atoms with Crippen molar-refractivity contribution >= 4 is 15.9 Å². The maximum absolute atomic E-state index is 14.1. The lowest BCUT2D eigenvalue weighted by Crippen LogP contribution is -2.16. The summed E-state index contributed by atoms with van der Waals surface area (Å²) >= 11 is 3.45. The average Bonchev–Trinajstić information content (AvgIpc) is 3.28. The zero-order chi connectivity index (χ0) is 14.8. The molecule has 0 saturated heterocycles. The van der Waals surface area contributed by atoms with Gasteiger partial charge in [-0.25, -0.2) is 4.39 Å². The number of benzene rings is 2. The van der Waals surface area contributed by atoms with Gasteiger partial charge in [0.1, 0.15) is 5.75 Å². The van der Waals surface area contributed by atoms with Gasteiger partial charge in [0.2, 0.25) is 0 Å². The van der Waals surface area contributed by atoms with Gasteiger partial charge in [-0.05, 0) is 49.6 Å². The molecule has 0 radical (unpaired) electrons. The Morgan fingerprint density at radius 2 is 2.10 bits per heavy atom. The van der Waals surface area contributed by atoms with E-state index in [9.17, 15) is 4.39 Å². The minimum atomic E-state index is -0.328. The third-order valence-corrected chi connectivity index (χ3v) is 4.45. The first-order valence-corrected chi connectivity index (χ1v) is 7.87. The summed E-state index contributed by atoms with van der Waals surface area (Å²) in [5, 5.41) is 3.39. The largest absolute Gasteiger partial charge is 0.454 e. The van der Waals surface area contributed by atoms with Crippen molar-refractivity contribution in [2.24, 2.45) is 0 Å². The Balaban J connectivity index is 1.83. The fraction of sp³-hybridized carbons (Fsp3) is 0.294. The summed E-state index contributed by atoms with van der Waals surface area (Å²) in [6, 6.07) is 11.3. The molecule has 0 aromatic heterocycles. The van der Waals surface area contributed by atoms with Crippen LogP contribution >= 0.6 is 15.9 Å². The summed E-state index contributed by atoms with van der Waals surface area (Å²) in [5.74, 6) is 0.631. The second-order valence-electron chi connectivity index (χ2n) is 5.40. The molecule has 21 heavy (non-hydrogen) atoms. The first-order chi connectivity index (χ1) is 10.1. The van der Waals surface area contributed by atoms with E-state index in [4.69, 9.17) is 4.74 Å². The molecule has 2 nitrogen and oxygen atoms in total. The molecular weight excluding hydrogens is 333 g/mol. The molecule has 1 aliphatic rings. The highest BCUT2D eigenvalue weighted by atomic mass is 79.9. The van der Waals surface area contributed by atoms with Crippen LogP contribution in [0.3, 0.4) is 0 Å². The van der Waals surface area contributed by atoms with Crippen LogP contribution in [0.2, 0.25) is 0 Å². The summed E-state index contributed by atoms with van der Waals surface area (Å²) in [5.41, 5.74) is 1.91. The monoisotopic (exact) mass is 349 g/mol. The van der Waals surface area contributed by atoms with E-state index in [0.717, 1.165) is 15.6 Å². The molecule has 1 saturated carbocycles. The van der Waals surface area contributed by atoms with Crippen molar-refractivity contribution in [2.45, 2.75) is 32.4 Å². The Labute approximate surface area is 132 Å². The maximum Gasteiger partial charge on any atom is 0.167 e. The Kier molecular flexibility index (Phi) is 4.27. The molecule has 0 amide bonds. The van der Waals surface area contributed by atoms with Crippen molar-refractivity contribution in [3.63, 3.8) is 0 Å². The lowest BCUT2D eigenvalue weighted by atomic mass is 10.2. The SMILES string of the molecule is Cc1cc(Oc2c(F)cccc2CNC2CC2)ccc1Br. The van der Waals surface area contributed by atoms with E-state index in [0.29, 0.717) is 24.1 Å². The van der Waals surface area contributed by atoms with Crippen LogP contribution in [-0.2, 0) is 6.54 Å². The third-order valence-electron chi connectivity index (χ3n) is 3.56. The number of rotatable bonds is 5. The highest BCUT2D eigenvalue weighted by Crippen LogP contribution is 2.31. The van der Waals surface area contributed by atoms with Gasteiger partial charge in [-0.2, -0.15) is 0 Å². The van der Waals surface area contributed by atoms with Crippen LogP contribution in [0.4, 0.5) is 4.39 Å². The van der Waals surface area contributed by atoms with Crippen LogP contribution in [-0.4, -0.2) is 6.04 Å². The highest BCUT2D eigenvalue weighted by molar-refractivity contribution is 9.10. The molecule has 2 aromatic carbocycles. The summed E-state index contributed by atoms with van der Waals surface area (Å²) < 4.78 is 20.9. The lowest BCUT2D eigenvalue weighted by Gasteiger charge is -2.13. The molecule has 0 atom stereocenters. The topological polar surface area (TPSA) is 21.3 Å². The van der Waals surface area contributed by atoms with E-state index in [2.05, 4.69) is 21.2 Å². The highest BCUT2D eigenvalue weighted by Gasteiger charge is 2.21. The van der Waals surface area contributed by atoms with E-state index >= 15 is 0 Å². The minimum Gasteiger partial charge on any atom is -0.454 e. The van der Waals surface area contributed by atoms with Crippen LogP contribution in [0.1, 0.15) is 24.0 Å². The van der Waals surface area contributed by atoms with Crippen molar-refractivity contribution in [1.82, 2.24) is 5.32 Å². The molecule has 3 rings (SSSR count). The number of hydrogen-bond donors (Lipinski definition) is 1. The number of halogens is 2. The molecule has 0 heterocycles. The maximum atomic E-state index is 14.1. The third kappa shape index (κ3) is 3.63. The Morgan fingerprint density at radius 3 is 2.81 bits per heavy atom. The van der Waals surface area contributed by atoms with Gasteiger partial charge in [0.25, 0.3) is 0 Å². The van der Waals surface area contributed by atoms with E-state index in [1.165, 1.54) is 18.9 Å². The molecule has 0 unspecified atom stereocenters. The second-order valence-corrected chi connectivity index (χ2v) is 6.25. The lowest BCUT2D eigenvalue weighted by molar-refractivity contribution is 0.433. The first kappa shape index (κ1) is 14.5. The van der Waals surface area contributed by atoms with Gasteiger partial charge in [-0.3, -0.25) is 0 Å². The van der Waals surface area contributed by atoms with Crippen molar-refractivity contribution in [3.05, 3.63) is 57.8 Å². The second kappa shape index (κ2) is 6.16. The standard InChI is InChI=1S/C17H17BrFNO/c1-11-9-14(7-8-15(11)18)21-17-12(3-2-4-16(17)19)10-20-13-5-6-13/h2-4,7-9,13,20H,5-6,10H2,1H3. The summed E-state index contributed by atoms with van der Waals surface area (Å²) in [4.78, 5) is 0. The smallest absolute Gasteiger partial charge is 0.167 e. The van der Waals surface area contributed by atoms with Gasteiger partial charge in [0.05, 0.1) is 0 Å². The van der Waals surface area contributed by atoms with Crippen LogP contribution < -0.4 is 10.1 Å². The molecule has 110 valence electrons. The normalized spacial score (nSPS) is 14.2. The van der Waals surface area contributed by atoms with Crippen LogP contribution in [0.5, 0.6) is 11.5 Å². The average molecular weight is 350 g/mol. The van der Waals surface area contributed by atoms with Gasteiger partial charge >= 0.3 is 0 Å². The van der Waals surface area contributed by atoms with Gasteiger partial charge < -0.3 is 10.1 Å². The summed E-state index contributed by atoms with van der Waals surface area (Å²) in [7, 11) is 0. The quantitative estimate of drug-likeness (QED) is 0.825. The summed E-state index contributed by atoms with van der Waals surface area (Å²) in [6.45, 7) is 2.61. The van der Waals surface area contributed by atoms with E-state index < -0.39 is 0 Å².